The SMILES string of the molecule is Cc1ccc(CCn2cc(-c3cccc4nc(Cc5ccc(OCCN6CCCC6)cc5)nn34)cn2)cc1. The van der Waals surface area contributed by atoms with Crippen LogP contribution >= 0.6 is 0 Å². The average molecular weight is 507 g/mol. The zero-order valence-electron chi connectivity index (χ0n) is 22.0. The molecule has 2 aromatic carbocycles. The van der Waals surface area contributed by atoms with Crippen LogP contribution in [0.5, 0.6) is 5.75 Å². The van der Waals surface area contributed by atoms with Crippen LogP contribution in [0.15, 0.2) is 79.1 Å². The molecule has 0 spiro atoms. The van der Waals surface area contributed by atoms with E-state index < -0.39 is 0 Å². The Labute approximate surface area is 223 Å². The number of pyridine rings is 1. The summed E-state index contributed by atoms with van der Waals surface area (Å²) in [5.41, 5.74) is 6.63. The molecule has 0 atom stereocenters. The van der Waals surface area contributed by atoms with Crippen LogP contribution in [0.2, 0.25) is 0 Å². The van der Waals surface area contributed by atoms with Gasteiger partial charge in [0.2, 0.25) is 0 Å². The second-order valence-corrected chi connectivity index (χ2v) is 10.2. The highest BCUT2D eigenvalue weighted by molar-refractivity contribution is 5.61. The first-order valence-electron chi connectivity index (χ1n) is 13.6. The van der Waals surface area contributed by atoms with Gasteiger partial charge >= 0.3 is 0 Å². The van der Waals surface area contributed by atoms with Gasteiger partial charge in [-0.1, -0.05) is 48.0 Å². The van der Waals surface area contributed by atoms with E-state index in [0.29, 0.717) is 6.42 Å². The first-order chi connectivity index (χ1) is 18.7. The van der Waals surface area contributed by atoms with E-state index in [4.69, 9.17) is 14.8 Å². The minimum Gasteiger partial charge on any atom is -0.492 e. The molecule has 0 amide bonds. The van der Waals surface area contributed by atoms with Gasteiger partial charge in [0.05, 0.1) is 11.9 Å². The molecule has 1 saturated heterocycles. The third-order valence-corrected chi connectivity index (χ3v) is 7.24. The number of hydrogen-bond acceptors (Lipinski definition) is 5. The Morgan fingerprint density at radius 1 is 0.868 bits per heavy atom. The summed E-state index contributed by atoms with van der Waals surface area (Å²) in [6, 6.07) is 23.1. The smallest absolute Gasteiger partial charge is 0.156 e. The highest BCUT2D eigenvalue weighted by atomic mass is 16.5. The number of hydrogen-bond donors (Lipinski definition) is 0. The van der Waals surface area contributed by atoms with Gasteiger partial charge in [0, 0.05) is 31.3 Å². The standard InChI is InChI=1S/C31H34N6O/c1-24-7-9-25(10-8-24)15-18-36-23-27(22-32-36)29-5-4-6-31-33-30(34-37(29)31)21-26-11-13-28(14-12-26)38-20-19-35-16-2-3-17-35/h4-14,22-23H,2-3,15-21H2,1H3. The minimum absolute atomic E-state index is 0.672. The van der Waals surface area contributed by atoms with Crippen molar-refractivity contribution in [2.45, 2.75) is 39.2 Å². The van der Waals surface area contributed by atoms with E-state index in [0.717, 1.165) is 54.6 Å². The van der Waals surface area contributed by atoms with Crippen molar-refractivity contribution < 1.29 is 4.74 Å². The maximum Gasteiger partial charge on any atom is 0.156 e. The molecule has 1 aliphatic heterocycles. The maximum absolute atomic E-state index is 5.95. The molecular weight excluding hydrogens is 472 g/mol. The lowest BCUT2D eigenvalue weighted by atomic mass is 10.1. The zero-order chi connectivity index (χ0) is 25.7. The second-order valence-electron chi connectivity index (χ2n) is 10.2. The van der Waals surface area contributed by atoms with Gasteiger partial charge in [-0.25, -0.2) is 9.50 Å². The van der Waals surface area contributed by atoms with Crippen molar-refractivity contribution in [3.8, 4) is 17.0 Å². The van der Waals surface area contributed by atoms with Crippen molar-refractivity contribution in [3.05, 3.63) is 102 Å². The molecule has 0 N–H and O–H groups in total. The van der Waals surface area contributed by atoms with E-state index in [9.17, 15) is 0 Å². The molecule has 6 rings (SSSR count). The van der Waals surface area contributed by atoms with Crippen LogP contribution in [-0.4, -0.2) is 55.5 Å². The number of rotatable bonds is 10. The molecular formula is C31H34N6O. The molecule has 5 aromatic rings. The molecule has 7 nitrogen and oxygen atoms in total. The number of likely N-dealkylation sites (tertiary alicyclic amines) is 1. The van der Waals surface area contributed by atoms with Crippen LogP contribution in [0.1, 0.15) is 35.4 Å². The highest BCUT2D eigenvalue weighted by Crippen LogP contribution is 2.21. The molecule has 0 aliphatic carbocycles. The molecule has 0 saturated carbocycles. The van der Waals surface area contributed by atoms with Gasteiger partial charge in [0.1, 0.15) is 12.4 Å². The normalized spacial score (nSPS) is 13.9. The number of nitrogens with zero attached hydrogens (tertiary/aromatic N) is 6. The molecule has 0 bridgehead atoms. The number of fused-ring (bicyclic) bond motifs is 1. The third-order valence-electron chi connectivity index (χ3n) is 7.24. The van der Waals surface area contributed by atoms with Gasteiger partial charge in [0.25, 0.3) is 0 Å². The van der Waals surface area contributed by atoms with Crippen molar-refractivity contribution >= 4 is 5.65 Å². The fourth-order valence-corrected chi connectivity index (χ4v) is 5.04. The molecule has 7 heteroatoms. The van der Waals surface area contributed by atoms with Crippen LogP contribution in [0, 0.1) is 6.92 Å². The molecule has 194 valence electrons. The van der Waals surface area contributed by atoms with Gasteiger partial charge in [-0.05, 0) is 74.7 Å². The summed E-state index contributed by atoms with van der Waals surface area (Å²) < 4.78 is 9.87. The Hall–Kier alpha value is -3.97. The minimum atomic E-state index is 0.672. The predicted octanol–water partition coefficient (Wildman–Crippen LogP) is 5.21. The lowest BCUT2D eigenvalue weighted by Gasteiger charge is -2.14. The summed E-state index contributed by atoms with van der Waals surface area (Å²) in [4.78, 5) is 7.25. The van der Waals surface area contributed by atoms with E-state index in [1.165, 1.54) is 42.6 Å². The van der Waals surface area contributed by atoms with Gasteiger partial charge in [-0.3, -0.25) is 9.58 Å². The fourth-order valence-electron chi connectivity index (χ4n) is 5.04. The predicted molar refractivity (Wildman–Crippen MR) is 150 cm³/mol. The lowest BCUT2D eigenvalue weighted by Crippen LogP contribution is -2.25. The molecule has 0 radical (unpaired) electrons. The highest BCUT2D eigenvalue weighted by Gasteiger charge is 2.13. The number of aromatic nitrogens is 5. The summed E-state index contributed by atoms with van der Waals surface area (Å²) in [7, 11) is 0. The summed E-state index contributed by atoms with van der Waals surface area (Å²) in [5.74, 6) is 1.71. The Kier molecular flexibility index (Phi) is 7.18. The Balaban J connectivity index is 1.10. The van der Waals surface area contributed by atoms with E-state index in [2.05, 4.69) is 65.6 Å². The van der Waals surface area contributed by atoms with Crippen molar-refractivity contribution in [1.82, 2.24) is 29.3 Å². The Bertz CT molecular complexity index is 1480. The second kappa shape index (κ2) is 11.2. The van der Waals surface area contributed by atoms with E-state index >= 15 is 0 Å². The van der Waals surface area contributed by atoms with Crippen LogP contribution in [0.4, 0.5) is 0 Å². The van der Waals surface area contributed by atoms with Crippen molar-refractivity contribution in [1.29, 1.82) is 0 Å². The third kappa shape index (κ3) is 5.78. The summed E-state index contributed by atoms with van der Waals surface area (Å²) >= 11 is 0. The largest absolute Gasteiger partial charge is 0.492 e. The molecule has 1 aliphatic rings. The molecule has 3 aromatic heterocycles. The summed E-state index contributed by atoms with van der Waals surface area (Å²) in [6.07, 6.45) is 8.24. The van der Waals surface area contributed by atoms with Crippen LogP contribution < -0.4 is 4.74 Å². The number of aryl methyl sites for hydroxylation is 3. The van der Waals surface area contributed by atoms with Gasteiger partial charge in [-0.15, -0.1) is 0 Å². The average Bonchev–Trinajstić information content (AvgIpc) is 3.70. The van der Waals surface area contributed by atoms with E-state index in [-0.39, 0.29) is 0 Å². The molecule has 0 unspecified atom stereocenters. The summed E-state index contributed by atoms with van der Waals surface area (Å²) in [6.45, 7) is 7.08. The first-order valence-corrected chi connectivity index (χ1v) is 13.6. The van der Waals surface area contributed by atoms with Gasteiger partial charge < -0.3 is 4.74 Å². The molecule has 38 heavy (non-hydrogen) atoms. The maximum atomic E-state index is 5.95. The number of ether oxygens (including phenoxy) is 1. The van der Waals surface area contributed by atoms with Crippen LogP contribution in [-0.2, 0) is 19.4 Å². The zero-order valence-corrected chi connectivity index (χ0v) is 22.0. The van der Waals surface area contributed by atoms with Crippen molar-refractivity contribution in [2.24, 2.45) is 0 Å². The Morgan fingerprint density at radius 3 is 2.47 bits per heavy atom. The van der Waals surface area contributed by atoms with E-state index in [1.54, 1.807) is 0 Å². The topological polar surface area (TPSA) is 60.5 Å². The monoisotopic (exact) mass is 506 g/mol. The molecule has 4 heterocycles. The fraction of sp³-hybridized carbons (Fsp3) is 0.323. The Morgan fingerprint density at radius 2 is 1.66 bits per heavy atom. The quantitative estimate of drug-likeness (QED) is 0.260. The van der Waals surface area contributed by atoms with Crippen LogP contribution in [0.25, 0.3) is 16.9 Å². The first kappa shape index (κ1) is 24.4. The molecule has 1 fully saturated rings. The van der Waals surface area contributed by atoms with Gasteiger partial charge in [0.15, 0.2) is 11.5 Å². The van der Waals surface area contributed by atoms with Crippen LogP contribution in [0.3, 0.4) is 0 Å². The van der Waals surface area contributed by atoms with Crippen molar-refractivity contribution in [3.63, 3.8) is 0 Å². The number of benzene rings is 2. The van der Waals surface area contributed by atoms with E-state index in [1.807, 2.05) is 39.7 Å². The van der Waals surface area contributed by atoms with Gasteiger partial charge in [-0.2, -0.15) is 10.2 Å². The summed E-state index contributed by atoms with van der Waals surface area (Å²) in [5, 5.41) is 9.44. The lowest BCUT2D eigenvalue weighted by molar-refractivity contribution is 0.238. The van der Waals surface area contributed by atoms with Crippen molar-refractivity contribution in [2.75, 3.05) is 26.2 Å².